The fraction of sp³-hybridized carbons (Fsp3) is 0.455. The van der Waals surface area contributed by atoms with Crippen LogP contribution in [0.3, 0.4) is 0 Å². The molecule has 0 radical (unpaired) electrons. The molecule has 90 valence electrons. The van der Waals surface area contributed by atoms with Gasteiger partial charge in [-0.3, -0.25) is 4.90 Å². The Balaban J connectivity index is 1.77. The molecule has 2 aromatic heterocycles. The monoisotopic (exact) mass is 285 g/mol. The maximum Gasteiger partial charge on any atom is 0.138 e. The molecule has 1 saturated heterocycles. The second kappa shape index (κ2) is 5.02. The van der Waals surface area contributed by atoms with Gasteiger partial charge >= 0.3 is 0 Å². The van der Waals surface area contributed by atoms with Gasteiger partial charge in [0.15, 0.2) is 0 Å². The van der Waals surface area contributed by atoms with E-state index < -0.39 is 0 Å². The van der Waals surface area contributed by atoms with Crippen molar-refractivity contribution in [2.45, 2.75) is 25.4 Å². The molecule has 3 nitrogen and oxygen atoms in total. The van der Waals surface area contributed by atoms with E-state index >= 15 is 0 Å². The van der Waals surface area contributed by atoms with E-state index in [4.69, 9.17) is 11.6 Å². The Bertz CT molecular complexity index is 483. The highest BCUT2D eigenvalue weighted by molar-refractivity contribution is 7.10. The fourth-order valence-corrected chi connectivity index (χ4v) is 3.81. The molecule has 1 atom stereocenters. The Morgan fingerprint density at radius 1 is 1.53 bits per heavy atom. The third kappa shape index (κ3) is 2.38. The van der Waals surface area contributed by atoms with Gasteiger partial charge in [0.1, 0.15) is 10.0 Å². The van der Waals surface area contributed by atoms with Gasteiger partial charge in [0.2, 0.25) is 0 Å². The molecule has 1 aliphatic rings. The lowest BCUT2D eigenvalue weighted by Gasteiger charge is -2.22. The van der Waals surface area contributed by atoms with Crippen LogP contribution < -0.4 is 0 Å². The lowest BCUT2D eigenvalue weighted by Crippen LogP contribution is -2.22. The lowest BCUT2D eigenvalue weighted by atomic mass is 10.2. The summed E-state index contributed by atoms with van der Waals surface area (Å²) >= 11 is 9.16. The number of hydrogen-bond donors (Lipinski definition) is 0. The Labute approximate surface area is 113 Å². The molecule has 1 fully saturated rings. The van der Waals surface area contributed by atoms with E-state index in [1.54, 1.807) is 0 Å². The number of nitrogens with zero attached hydrogens (tertiary/aromatic N) is 3. The maximum atomic E-state index is 6.06. The van der Waals surface area contributed by atoms with Crippen molar-refractivity contribution >= 4 is 34.5 Å². The Hall–Kier alpha value is -0.490. The SMILES string of the molecule is Clc1snnc1CN1CCCC1c1cccs1. The van der Waals surface area contributed by atoms with Gasteiger partial charge in [0, 0.05) is 29.0 Å². The van der Waals surface area contributed by atoms with Crippen molar-refractivity contribution in [1.82, 2.24) is 14.5 Å². The van der Waals surface area contributed by atoms with Crippen molar-refractivity contribution < 1.29 is 0 Å². The normalized spacial score (nSPS) is 21.1. The zero-order valence-electron chi connectivity index (χ0n) is 9.17. The highest BCUT2D eigenvalue weighted by Gasteiger charge is 2.27. The molecule has 0 bridgehead atoms. The smallest absolute Gasteiger partial charge is 0.138 e. The third-order valence-electron chi connectivity index (χ3n) is 3.10. The van der Waals surface area contributed by atoms with Gasteiger partial charge in [0.05, 0.1) is 0 Å². The molecule has 3 rings (SSSR count). The molecule has 0 aliphatic carbocycles. The average Bonchev–Trinajstić information content (AvgIpc) is 3.02. The lowest BCUT2D eigenvalue weighted by molar-refractivity contribution is 0.248. The van der Waals surface area contributed by atoms with E-state index in [9.17, 15) is 0 Å². The summed E-state index contributed by atoms with van der Waals surface area (Å²) < 4.78 is 4.61. The summed E-state index contributed by atoms with van der Waals surface area (Å²) in [5, 5.41) is 6.24. The van der Waals surface area contributed by atoms with E-state index in [0.29, 0.717) is 6.04 Å². The standard InChI is InChI=1S/C11H12ClN3S2/c12-11-8(13-14-17-11)7-15-5-1-3-9(15)10-4-2-6-16-10/h2,4,6,9H,1,3,5,7H2. The van der Waals surface area contributed by atoms with Gasteiger partial charge in [-0.25, -0.2) is 0 Å². The minimum atomic E-state index is 0.535. The van der Waals surface area contributed by atoms with Crippen molar-refractivity contribution in [2.24, 2.45) is 0 Å². The predicted molar refractivity (Wildman–Crippen MR) is 71.6 cm³/mol. The molecule has 6 heteroatoms. The first-order valence-electron chi connectivity index (χ1n) is 5.59. The molecule has 0 saturated carbocycles. The number of hydrogen-bond acceptors (Lipinski definition) is 5. The number of likely N-dealkylation sites (tertiary alicyclic amines) is 1. The Morgan fingerprint density at radius 2 is 2.47 bits per heavy atom. The topological polar surface area (TPSA) is 29.0 Å². The van der Waals surface area contributed by atoms with E-state index in [1.165, 1.54) is 29.3 Å². The maximum absolute atomic E-state index is 6.06. The number of aromatic nitrogens is 2. The van der Waals surface area contributed by atoms with E-state index in [0.717, 1.165) is 23.1 Å². The summed E-state index contributed by atoms with van der Waals surface area (Å²) in [5.74, 6) is 0. The van der Waals surface area contributed by atoms with E-state index in [2.05, 4.69) is 32.0 Å². The summed E-state index contributed by atoms with van der Waals surface area (Å²) in [6.45, 7) is 1.94. The highest BCUT2D eigenvalue weighted by atomic mass is 35.5. The van der Waals surface area contributed by atoms with Crippen molar-refractivity contribution in [3.05, 3.63) is 32.4 Å². The molecule has 0 amide bonds. The van der Waals surface area contributed by atoms with Gasteiger partial charge in [0.25, 0.3) is 0 Å². The van der Waals surface area contributed by atoms with Crippen molar-refractivity contribution in [3.63, 3.8) is 0 Å². The third-order valence-corrected chi connectivity index (χ3v) is 5.06. The second-order valence-corrected chi connectivity index (χ2v) is 6.47. The summed E-state index contributed by atoms with van der Waals surface area (Å²) in [6.07, 6.45) is 2.48. The summed E-state index contributed by atoms with van der Waals surface area (Å²) in [5.41, 5.74) is 0.917. The summed E-state index contributed by atoms with van der Waals surface area (Å²) in [7, 11) is 0. The minimum absolute atomic E-state index is 0.535. The molecule has 17 heavy (non-hydrogen) atoms. The fourth-order valence-electron chi connectivity index (χ4n) is 2.30. The van der Waals surface area contributed by atoms with Crippen LogP contribution in [0.1, 0.15) is 29.5 Å². The van der Waals surface area contributed by atoms with Crippen LogP contribution in [-0.2, 0) is 6.54 Å². The summed E-state index contributed by atoms with van der Waals surface area (Å²) in [6, 6.07) is 4.87. The molecular weight excluding hydrogens is 274 g/mol. The van der Waals surface area contributed by atoms with Crippen LogP contribution in [0.15, 0.2) is 17.5 Å². The van der Waals surface area contributed by atoms with Crippen molar-refractivity contribution in [1.29, 1.82) is 0 Å². The first kappa shape index (κ1) is 11.6. The van der Waals surface area contributed by atoms with Gasteiger partial charge in [-0.15, -0.1) is 16.4 Å². The molecule has 1 unspecified atom stereocenters. The van der Waals surface area contributed by atoms with Gasteiger partial charge in [-0.05, 0) is 30.8 Å². The number of halogens is 1. The molecule has 3 heterocycles. The van der Waals surface area contributed by atoms with Crippen molar-refractivity contribution in [3.8, 4) is 0 Å². The largest absolute Gasteiger partial charge is 0.290 e. The average molecular weight is 286 g/mol. The van der Waals surface area contributed by atoms with Crippen LogP contribution in [-0.4, -0.2) is 21.0 Å². The van der Waals surface area contributed by atoms with Crippen LogP contribution in [0, 0.1) is 0 Å². The first-order chi connectivity index (χ1) is 8.34. The number of rotatable bonds is 3. The van der Waals surface area contributed by atoms with Crippen LogP contribution in [0.25, 0.3) is 0 Å². The zero-order chi connectivity index (χ0) is 11.7. The second-order valence-electron chi connectivity index (χ2n) is 4.14. The molecular formula is C11H12ClN3S2. The Kier molecular flexibility index (Phi) is 3.42. The zero-order valence-corrected chi connectivity index (χ0v) is 11.6. The minimum Gasteiger partial charge on any atom is -0.290 e. The number of thiophene rings is 1. The van der Waals surface area contributed by atoms with Gasteiger partial charge < -0.3 is 0 Å². The van der Waals surface area contributed by atoms with Crippen LogP contribution in [0.5, 0.6) is 0 Å². The predicted octanol–water partition coefficient (Wildman–Crippen LogP) is 3.59. The Morgan fingerprint density at radius 3 is 3.18 bits per heavy atom. The molecule has 0 spiro atoms. The van der Waals surface area contributed by atoms with Crippen molar-refractivity contribution in [2.75, 3.05) is 6.54 Å². The van der Waals surface area contributed by atoms with Crippen LogP contribution in [0.2, 0.25) is 4.34 Å². The first-order valence-corrected chi connectivity index (χ1v) is 7.62. The molecule has 2 aromatic rings. The quantitative estimate of drug-likeness (QED) is 0.863. The van der Waals surface area contributed by atoms with Crippen LogP contribution in [0.4, 0.5) is 0 Å². The molecule has 0 aromatic carbocycles. The summed E-state index contributed by atoms with van der Waals surface area (Å²) in [4.78, 5) is 3.90. The molecule has 1 aliphatic heterocycles. The van der Waals surface area contributed by atoms with E-state index in [1.807, 2.05) is 11.3 Å². The highest BCUT2D eigenvalue weighted by Crippen LogP contribution is 2.36. The van der Waals surface area contributed by atoms with Gasteiger partial charge in [-0.2, -0.15) is 0 Å². The molecule has 0 N–H and O–H groups in total. The van der Waals surface area contributed by atoms with E-state index in [-0.39, 0.29) is 0 Å². The van der Waals surface area contributed by atoms with Gasteiger partial charge in [-0.1, -0.05) is 22.2 Å². The van der Waals surface area contributed by atoms with Crippen LogP contribution >= 0.6 is 34.5 Å².